The van der Waals surface area contributed by atoms with Crippen LogP contribution < -0.4 is 16.4 Å². The van der Waals surface area contributed by atoms with Crippen molar-refractivity contribution < 1.29 is 4.42 Å². The van der Waals surface area contributed by atoms with Gasteiger partial charge in [0.15, 0.2) is 5.11 Å². The van der Waals surface area contributed by atoms with E-state index in [1.54, 1.807) is 26.1 Å². The summed E-state index contributed by atoms with van der Waals surface area (Å²) >= 11 is 4.90. The van der Waals surface area contributed by atoms with Crippen LogP contribution in [-0.2, 0) is 0 Å². The first kappa shape index (κ1) is 13.2. The lowest BCUT2D eigenvalue weighted by Crippen LogP contribution is -2.29. The van der Waals surface area contributed by atoms with Crippen molar-refractivity contribution >= 4 is 34.0 Å². The van der Waals surface area contributed by atoms with E-state index in [0.717, 1.165) is 5.39 Å². The van der Waals surface area contributed by atoms with Crippen molar-refractivity contribution in [3.8, 4) is 0 Å². The van der Waals surface area contributed by atoms with Crippen LogP contribution >= 0.6 is 12.2 Å². The van der Waals surface area contributed by atoms with Gasteiger partial charge in [-0.2, -0.15) is 5.10 Å². The quantitative estimate of drug-likeness (QED) is 0.377. The molecule has 0 spiro atoms. The van der Waals surface area contributed by atoms with E-state index >= 15 is 0 Å². The molecule has 98 valence electrons. The Morgan fingerprint density at radius 3 is 2.84 bits per heavy atom. The summed E-state index contributed by atoms with van der Waals surface area (Å²) in [5.74, 6) is 0. The highest BCUT2D eigenvalue weighted by atomic mass is 32.1. The van der Waals surface area contributed by atoms with Crippen LogP contribution in [-0.4, -0.2) is 17.9 Å². The first-order valence-corrected chi connectivity index (χ1v) is 6.08. The van der Waals surface area contributed by atoms with Crippen LogP contribution in [0.1, 0.15) is 12.5 Å². The summed E-state index contributed by atoms with van der Waals surface area (Å²) in [5.41, 5.74) is 3.69. The van der Waals surface area contributed by atoms with Crippen molar-refractivity contribution in [2.24, 2.45) is 5.10 Å². The Morgan fingerprint density at radius 2 is 2.11 bits per heavy atom. The summed E-state index contributed by atoms with van der Waals surface area (Å²) in [6, 6.07) is 9.08. The van der Waals surface area contributed by atoms with Crippen molar-refractivity contribution in [3.05, 3.63) is 46.3 Å². The van der Waals surface area contributed by atoms with Crippen LogP contribution in [0.2, 0.25) is 0 Å². The van der Waals surface area contributed by atoms with E-state index in [1.807, 2.05) is 18.2 Å². The van der Waals surface area contributed by atoms with Crippen LogP contribution in [0.5, 0.6) is 0 Å². The number of benzene rings is 1. The summed E-state index contributed by atoms with van der Waals surface area (Å²) in [5, 5.41) is 7.99. The summed E-state index contributed by atoms with van der Waals surface area (Å²) in [6.07, 6.45) is 0. The first-order valence-electron chi connectivity index (χ1n) is 5.67. The first-order chi connectivity index (χ1) is 9.11. The number of para-hydroxylation sites is 1. The topological polar surface area (TPSA) is 66.6 Å². The maximum atomic E-state index is 11.9. The highest BCUT2D eigenvalue weighted by Crippen LogP contribution is 2.12. The van der Waals surface area contributed by atoms with E-state index in [9.17, 15) is 4.79 Å². The number of rotatable bonds is 2. The molecule has 0 radical (unpaired) electrons. The number of hydrogen-bond acceptors (Lipinski definition) is 4. The Hall–Kier alpha value is -2.21. The van der Waals surface area contributed by atoms with Gasteiger partial charge in [-0.25, -0.2) is 4.79 Å². The second-order valence-corrected chi connectivity index (χ2v) is 4.28. The molecule has 1 aromatic carbocycles. The number of thiocarbonyl (C=S) groups is 1. The zero-order valence-corrected chi connectivity index (χ0v) is 11.4. The molecule has 0 bridgehead atoms. The molecule has 1 heterocycles. The Kier molecular flexibility index (Phi) is 3.91. The van der Waals surface area contributed by atoms with E-state index in [2.05, 4.69) is 15.8 Å². The van der Waals surface area contributed by atoms with Gasteiger partial charge in [-0.3, -0.25) is 5.43 Å². The van der Waals surface area contributed by atoms with Crippen LogP contribution in [0.25, 0.3) is 11.0 Å². The van der Waals surface area contributed by atoms with Gasteiger partial charge in [0.2, 0.25) is 0 Å². The molecule has 0 saturated heterocycles. The maximum Gasteiger partial charge on any atom is 0.345 e. The van der Waals surface area contributed by atoms with Crippen molar-refractivity contribution in [2.75, 3.05) is 7.05 Å². The standard InChI is InChI=1S/C13H13N3O2S/c1-8(15-16-13(19)14-2)10-7-9-5-3-4-6-11(9)18-12(10)17/h3-7H,1-2H3,(H2,14,16,19)/b15-8+. The molecule has 0 unspecified atom stereocenters. The Labute approximate surface area is 115 Å². The summed E-state index contributed by atoms with van der Waals surface area (Å²) < 4.78 is 5.23. The fourth-order valence-corrected chi connectivity index (χ4v) is 1.61. The molecule has 2 rings (SSSR count). The van der Waals surface area contributed by atoms with Crippen molar-refractivity contribution in [3.63, 3.8) is 0 Å². The zero-order chi connectivity index (χ0) is 13.8. The number of hydrazone groups is 1. The SMILES string of the molecule is CNC(=S)N/N=C(\C)c1cc2ccccc2oc1=O. The molecule has 2 N–H and O–H groups in total. The molecular formula is C13H13N3O2S. The van der Waals surface area contributed by atoms with E-state index in [1.165, 1.54) is 0 Å². The van der Waals surface area contributed by atoms with Gasteiger partial charge in [-0.05, 0) is 31.3 Å². The second kappa shape index (κ2) is 5.62. The predicted octanol–water partition coefficient (Wildman–Crippen LogP) is 1.61. The van der Waals surface area contributed by atoms with E-state index < -0.39 is 5.63 Å². The zero-order valence-electron chi connectivity index (χ0n) is 10.6. The third kappa shape index (κ3) is 2.97. The second-order valence-electron chi connectivity index (χ2n) is 3.87. The van der Waals surface area contributed by atoms with Gasteiger partial charge in [-0.1, -0.05) is 18.2 Å². The van der Waals surface area contributed by atoms with Gasteiger partial charge in [0.05, 0.1) is 11.3 Å². The lowest BCUT2D eigenvalue weighted by molar-refractivity contribution is 0.559. The molecule has 0 saturated carbocycles. The van der Waals surface area contributed by atoms with Crippen molar-refractivity contribution in [1.82, 2.24) is 10.7 Å². The molecule has 0 amide bonds. The molecule has 0 aliphatic rings. The molecule has 5 nitrogen and oxygen atoms in total. The van der Waals surface area contributed by atoms with Crippen molar-refractivity contribution in [2.45, 2.75) is 6.92 Å². The fraction of sp³-hybridized carbons (Fsp3) is 0.154. The van der Waals surface area contributed by atoms with Gasteiger partial charge in [0.1, 0.15) is 5.58 Å². The number of nitrogens with zero attached hydrogens (tertiary/aromatic N) is 1. The fourth-order valence-electron chi connectivity index (χ4n) is 1.56. The van der Waals surface area contributed by atoms with E-state index in [-0.39, 0.29) is 0 Å². The average molecular weight is 275 g/mol. The van der Waals surface area contributed by atoms with E-state index in [4.69, 9.17) is 16.6 Å². The summed E-state index contributed by atoms with van der Waals surface area (Å²) in [4.78, 5) is 11.9. The Bertz CT molecular complexity index is 706. The molecule has 19 heavy (non-hydrogen) atoms. The Morgan fingerprint density at radius 1 is 1.37 bits per heavy atom. The molecular weight excluding hydrogens is 262 g/mol. The largest absolute Gasteiger partial charge is 0.422 e. The third-order valence-corrected chi connectivity index (χ3v) is 2.88. The molecule has 0 fully saturated rings. The summed E-state index contributed by atoms with van der Waals surface area (Å²) in [7, 11) is 1.69. The molecule has 1 aromatic heterocycles. The van der Waals surface area contributed by atoms with Gasteiger partial charge in [-0.15, -0.1) is 0 Å². The van der Waals surface area contributed by atoms with Crippen LogP contribution in [0.4, 0.5) is 0 Å². The predicted molar refractivity (Wildman–Crippen MR) is 79.5 cm³/mol. The van der Waals surface area contributed by atoms with Gasteiger partial charge in [0, 0.05) is 12.4 Å². The van der Waals surface area contributed by atoms with Crippen LogP contribution in [0.3, 0.4) is 0 Å². The molecule has 0 aliphatic heterocycles. The van der Waals surface area contributed by atoms with Gasteiger partial charge >= 0.3 is 5.63 Å². The summed E-state index contributed by atoms with van der Waals surface area (Å²) in [6.45, 7) is 1.71. The smallest absolute Gasteiger partial charge is 0.345 e. The van der Waals surface area contributed by atoms with E-state index in [0.29, 0.717) is 22.0 Å². The normalized spacial score (nSPS) is 11.4. The molecule has 0 aliphatic carbocycles. The van der Waals surface area contributed by atoms with Gasteiger partial charge in [0.25, 0.3) is 0 Å². The minimum atomic E-state index is -0.419. The number of hydrogen-bond donors (Lipinski definition) is 2. The molecule has 2 aromatic rings. The Balaban J connectivity index is 2.42. The number of nitrogens with one attached hydrogen (secondary N) is 2. The van der Waals surface area contributed by atoms with Crippen molar-refractivity contribution in [1.29, 1.82) is 0 Å². The minimum absolute atomic E-state index is 0.379. The highest BCUT2D eigenvalue weighted by Gasteiger charge is 2.08. The molecule has 6 heteroatoms. The third-order valence-electron chi connectivity index (χ3n) is 2.58. The average Bonchev–Trinajstić information content (AvgIpc) is 2.43. The molecule has 0 atom stereocenters. The van der Waals surface area contributed by atoms with Gasteiger partial charge < -0.3 is 9.73 Å². The highest BCUT2D eigenvalue weighted by molar-refractivity contribution is 7.80. The number of fused-ring (bicyclic) bond motifs is 1. The lowest BCUT2D eigenvalue weighted by atomic mass is 10.1. The maximum absolute atomic E-state index is 11.9. The van der Waals surface area contributed by atoms with Crippen LogP contribution in [0, 0.1) is 0 Å². The van der Waals surface area contributed by atoms with Crippen LogP contribution in [0.15, 0.2) is 44.6 Å². The lowest BCUT2D eigenvalue weighted by Gasteiger charge is -2.04. The monoisotopic (exact) mass is 275 g/mol. The minimum Gasteiger partial charge on any atom is -0.422 e.